The lowest BCUT2D eigenvalue weighted by Gasteiger charge is -2.24. The number of likely N-dealkylation sites (tertiary alicyclic amines) is 1. The lowest BCUT2D eigenvalue weighted by Crippen LogP contribution is -2.34. The molecule has 0 saturated carbocycles. The van der Waals surface area contributed by atoms with Crippen molar-refractivity contribution < 1.29 is 14.3 Å². The van der Waals surface area contributed by atoms with E-state index in [1.54, 1.807) is 35.2 Å². The average molecular weight is 420 g/mol. The number of nitrogen functional groups attached to an aromatic ring is 1. The highest BCUT2D eigenvalue weighted by atomic mass is 35.5. The van der Waals surface area contributed by atoms with Crippen LogP contribution < -0.4 is 5.73 Å². The molecule has 7 heteroatoms. The fraction of sp³-hybridized carbons (Fsp3) is 0.174. The van der Waals surface area contributed by atoms with Gasteiger partial charge in [-0.1, -0.05) is 41.9 Å². The summed E-state index contributed by atoms with van der Waals surface area (Å²) in [5.74, 6) is -0.112. The number of nitrogens with two attached hydrogens (primary N) is 1. The van der Waals surface area contributed by atoms with E-state index in [2.05, 4.69) is 4.98 Å². The molecule has 0 unspecified atom stereocenters. The summed E-state index contributed by atoms with van der Waals surface area (Å²) in [6, 6.07) is 17.9. The molecule has 150 valence electrons. The molecular weight excluding hydrogens is 402 g/mol. The van der Waals surface area contributed by atoms with Gasteiger partial charge in [0.2, 0.25) is 0 Å². The van der Waals surface area contributed by atoms with Gasteiger partial charge in [-0.25, -0.2) is 9.78 Å². The van der Waals surface area contributed by atoms with Crippen LogP contribution in [0.25, 0.3) is 11.3 Å². The van der Waals surface area contributed by atoms with E-state index in [1.165, 1.54) is 0 Å². The molecule has 30 heavy (non-hydrogen) atoms. The molecule has 2 aliphatic rings. The van der Waals surface area contributed by atoms with E-state index in [1.807, 2.05) is 30.3 Å². The molecule has 1 aromatic heterocycles. The highest BCUT2D eigenvalue weighted by Gasteiger charge is 2.51. The minimum Gasteiger partial charge on any atom is -0.449 e. The number of anilines is 1. The summed E-state index contributed by atoms with van der Waals surface area (Å²) >= 11 is 6.46. The number of carbonyl (C=O) groups is 2. The minimum atomic E-state index is -0.777. The first kappa shape index (κ1) is 18.6. The van der Waals surface area contributed by atoms with Crippen molar-refractivity contribution in [1.82, 2.24) is 9.88 Å². The normalized spacial score (nSPS) is 19.8. The predicted molar refractivity (Wildman–Crippen MR) is 113 cm³/mol. The second kappa shape index (κ2) is 6.85. The molecule has 0 bridgehead atoms. The molecule has 2 N–H and O–H groups in total. The van der Waals surface area contributed by atoms with Crippen LogP contribution in [0.15, 0.2) is 60.7 Å². The van der Waals surface area contributed by atoms with E-state index in [4.69, 9.17) is 22.1 Å². The molecular formula is C23H18ClN3O3. The van der Waals surface area contributed by atoms with E-state index >= 15 is 0 Å². The fourth-order valence-electron chi connectivity index (χ4n) is 4.23. The molecule has 1 amide bonds. The topological polar surface area (TPSA) is 85.5 Å². The van der Waals surface area contributed by atoms with Gasteiger partial charge in [-0.05, 0) is 30.3 Å². The molecule has 0 aliphatic carbocycles. The van der Waals surface area contributed by atoms with Gasteiger partial charge in [-0.2, -0.15) is 0 Å². The zero-order valence-electron chi connectivity index (χ0n) is 16.0. The van der Waals surface area contributed by atoms with Gasteiger partial charge < -0.3 is 15.4 Å². The Bertz CT molecular complexity index is 1200. The first-order valence-electron chi connectivity index (χ1n) is 9.61. The molecule has 1 atom stereocenters. The quantitative estimate of drug-likeness (QED) is 0.637. The van der Waals surface area contributed by atoms with Crippen LogP contribution in [0.4, 0.5) is 5.82 Å². The first-order valence-corrected chi connectivity index (χ1v) is 9.99. The van der Waals surface area contributed by atoms with Crippen molar-refractivity contribution in [3.8, 4) is 11.3 Å². The van der Waals surface area contributed by atoms with Crippen molar-refractivity contribution in [2.24, 2.45) is 0 Å². The van der Waals surface area contributed by atoms with E-state index in [-0.39, 0.29) is 11.9 Å². The summed E-state index contributed by atoms with van der Waals surface area (Å²) in [5.41, 5.74) is 8.26. The van der Waals surface area contributed by atoms with Gasteiger partial charge >= 0.3 is 5.97 Å². The average Bonchev–Trinajstić information content (AvgIpc) is 3.29. The minimum absolute atomic E-state index is 0.190. The number of ether oxygens (including phenoxy) is 1. The van der Waals surface area contributed by atoms with E-state index in [9.17, 15) is 9.59 Å². The number of aromatic nitrogens is 1. The molecule has 1 spiro atoms. The SMILES string of the molecule is Nc1cccc(-c2ccc(C(=O)N3CC[C@@]4(C3)OC(=O)c3ccccc34)c(Cl)c2)n1. The largest absolute Gasteiger partial charge is 0.449 e. The number of nitrogens with zero attached hydrogens (tertiary/aromatic N) is 2. The lowest BCUT2D eigenvalue weighted by molar-refractivity contribution is -0.00306. The molecule has 5 rings (SSSR count). The van der Waals surface area contributed by atoms with Crippen molar-refractivity contribution in [3.05, 3.63) is 82.4 Å². The molecule has 0 radical (unpaired) electrons. The summed E-state index contributed by atoms with van der Waals surface area (Å²) in [6.07, 6.45) is 0.560. The van der Waals surface area contributed by atoms with Crippen molar-refractivity contribution in [3.63, 3.8) is 0 Å². The van der Waals surface area contributed by atoms with E-state index < -0.39 is 5.60 Å². The van der Waals surface area contributed by atoms with Gasteiger partial charge in [0.15, 0.2) is 5.60 Å². The number of esters is 1. The van der Waals surface area contributed by atoms with Gasteiger partial charge in [0.1, 0.15) is 5.82 Å². The molecule has 1 fully saturated rings. The Balaban J connectivity index is 1.41. The third kappa shape index (κ3) is 2.92. The Hall–Kier alpha value is -3.38. The molecule has 1 saturated heterocycles. The maximum Gasteiger partial charge on any atom is 0.339 e. The second-order valence-electron chi connectivity index (χ2n) is 7.55. The summed E-state index contributed by atoms with van der Waals surface area (Å²) in [7, 11) is 0. The molecule has 6 nitrogen and oxygen atoms in total. The Labute approximate surface area is 178 Å². The van der Waals surface area contributed by atoms with Crippen molar-refractivity contribution >= 4 is 29.3 Å². The van der Waals surface area contributed by atoms with Gasteiger partial charge in [0.25, 0.3) is 5.91 Å². The predicted octanol–water partition coefficient (Wildman–Crippen LogP) is 3.90. The maximum absolute atomic E-state index is 13.2. The van der Waals surface area contributed by atoms with Crippen LogP contribution in [0, 0.1) is 0 Å². The second-order valence-corrected chi connectivity index (χ2v) is 7.96. The zero-order valence-corrected chi connectivity index (χ0v) is 16.7. The van der Waals surface area contributed by atoms with Crippen LogP contribution >= 0.6 is 11.6 Å². The summed E-state index contributed by atoms with van der Waals surface area (Å²) in [4.78, 5) is 31.4. The highest BCUT2D eigenvalue weighted by molar-refractivity contribution is 6.34. The zero-order chi connectivity index (χ0) is 20.9. The van der Waals surface area contributed by atoms with Gasteiger partial charge in [-0.3, -0.25) is 4.79 Å². The number of benzene rings is 2. The van der Waals surface area contributed by atoms with Gasteiger partial charge in [0, 0.05) is 24.1 Å². The van der Waals surface area contributed by atoms with Crippen LogP contribution in [-0.4, -0.2) is 34.8 Å². The summed E-state index contributed by atoms with van der Waals surface area (Å²) in [6.45, 7) is 0.790. The molecule has 2 aliphatic heterocycles. The van der Waals surface area contributed by atoms with Crippen molar-refractivity contribution in [2.75, 3.05) is 18.8 Å². The van der Waals surface area contributed by atoms with Crippen molar-refractivity contribution in [2.45, 2.75) is 12.0 Å². The molecule has 2 aromatic carbocycles. The number of amides is 1. The summed E-state index contributed by atoms with van der Waals surface area (Å²) in [5, 5.41) is 0.339. The molecule has 3 aromatic rings. The number of halogens is 1. The van der Waals surface area contributed by atoms with Crippen LogP contribution in [0.2, 0.25) is 5.02 Å². The van der Waals surface area contributed by atoms with Crippen LogP contribution in [-0.2, 0) is 10.3 Å². The Morgan fingerprint density at radius 3 is 2.77 bits per heavy atom. The third-order valence-electron chi connectivity index (χ3n) is 5.71. The maximum atomic E-state index is 13.2. The molecule has 3 heterocycles. The van der Waals surface area contributed by atoms with Gasteiger partial charge in [0.05, 0.1) is 28.4 Å². The standard InChI is InChI=1S/C23H18ClN3O3/c24-18-12-14(19-6-3-7-20(25)26-19)8-9-16(18)21(28)27-11-10-23(13-27)17-5-2-1-4-15(17)22(29)30-23/h1-9,12H,10-11,13H2,(H2,25,26)/t23-/m0/s1. The summed E-state index contributed by atoms with van der Waals surface area (Å²) < 4.78 is 5.73. The van der Waals surface area contributed by atoms with Crippen LogP contribution in [0.3, 0.4) is 0 Å². The Morgan fingerprint density at radius 2 is 1.97 bits per heavy atom. The number of carbonyl (C=O) groups excluding carboxylic acids is 2. The number of hydrogen-bond donors (Lipinski definition) is 1. The third-order valence-corrected chi connectivity index (χ3v) is 6.02. The smallest absolute Gasteiger partial charge is 0.339 e. The Morgan fingerprint density at radius 1 is 1.13 bits per heavy atom. The number of fused-ring (bicyclic) bond motifs is 2. The fourth-order valence-corrected chi connectivity index (χ4v) is 4.50. The Kier molecular flexibility index (Phi) is 4.25. The monoisotopic (exact) mass is 419 g/mol. The van der Waals surface area contributed by atoms with Crippen LogP contribution in [0.5, 0.6) is 0 Å². The number of rotatable bonds is 2. The van der Waals surface area contributed by atoms with E-state index in [0.29, 0.717) is 47.2 Å². The number of pyridine rings is 1. The number of hydrogen-bond acceptors (Lipinski definition) is 5. The highest BCUT2D eigenvalue weighted by Crippen LogP contribution is 2.43. The van der Waals surface area contributed by atoms with Crippen molar-refractivity contribution in [1.29, 1.82) is 0 Å². The van der Waals surface area contributed by atoms with E-state index in [0.717, 1.165) is 11.1 Å². The first-order chi connectivity index (χ1) is 14.5. The van der Waals surface area contributed by atoms with Crippen LogP contribution in [0.1, 0.15) is 32.7 Å². The van der Waals surface area contributed by atoms with Gasteiger partial charge in [-0.15, -0.1) is 0 Å². The lowest BCUT2D eigenvalue weighted by atomic mass is 9.91.